The van der Waals surface area contributed by atoms with Crippen LogP contribution in [0.15, 0.2) is 20.9 Å². The number of thiophene rings is 1. The van der Waals surface area contributed by atoms with E-state index in [0.29, 0.717) is 33.9 Å². The lowest BCUT2D eigenvalue weighted by atomic mass is 9.97. The summed E-state index contributed by atoms with van der Waals surface area (Å²) in [5, 5.41) is 6.60. The van der Waals surface area contributed by atoms with Gasteiger partial charge in [0, 0.05) is 23.4 Å². The van der Waals surface area contributed by atoms with Crippen LogP contribution in [0.5, 0.6) is 0 Å². The summed E-state index contributed by atoms with van der Waals surface area (Å²) in [4.78, 5) is 17.1. The van der Waals surface area contributed by atoms with Gasteiger partial charge >= 0.3 is 0 Å². The van der Waals surface area contributed by atoms with E-state index in [0.717, 1.165) is 24.2 Å². The molecule has 1 aliphatic rings. The van der Waals surface area contributed by atoms with E-state index in [1.165, 1.54) is 4.31 Å². The molecule has 0 radical (unpaired) electrons. The number of carbonyl (C=O) groups excluding carboxylic acids is 1. The lowest BCUT2D eigenvalue weighted by Gasteiger charge is -2.13. The first kappa shape index (κ1) is 20.0. The zero-order valence-corrected chi connectivity index (χ0v) is 17.3. The van der Waals surface area contributed by atoms with Crippen LogP contribution < -0.4 is 5.32 Å². The minimum atomic E-state index is -3.43. The maximum atomic E-state index is 12.5. The van der Waals surface area contributed by atoms with E-state index in [4.69, 9.17) is 4.52 Å². The predicted molar refractivity (Wildman–Crippen MR) is 101 cm³/mol. The molecule has 1 amide bonds. The lowest BCUT2D eigenvalue weighted by molar-refractivity contribution is -0.120. The van der Waals surface area contributed by atoms with Crippen molar-refractivity contribution in [3.63, 3.8) is 0 Å². The Morgan fingerprint density at radius 1 is 1.30 bits per heavy atom. The highest BCUT2D eigenvalue weighted by Gasteiger charge is 2.28. The Morgan fingerprint density at radius 3 is 2.63 bits per heavy atom. The molecule has 0 unspecified atom stereocenters. The van der Waals surface area contributed by atoms with E-state index < -0.39 is 10.0 Å². The summed E-state index contributed by atoms with van der Waals surface area (Å²) in [6.45, 7) is 7.20. The number of hydrogen-bond acceptors (Lipinski definition) is 7. The molecule has 0 spiro atoms. The number of nitrogens with zero attached hydrogens (tertiary/aromatic N) is 3. The summed E-state index contributed by atoms with van der Waals surface area (Å²) < 4.78 is 32.1. The smallest absolute Gasteiger partial charge is 0.252 e. The van der Waals surface area contributed by atoms with Crippen molar-refractivity contribution in [2.24, 2.45) is 0 Å². The zero-order chi connectivity index (χ0) is 19.7. The van der Waals surface area contributed by atoms with Gasteiger partial charge in [0.1, 0.15) is 4.21 Å². The second kappa shape index (κ2) is 7.69. The van der Waals surface area contributed by atoms with Gasteiger partial charge in [0.05, 0.1) is 13.0 Å². The van der Waals surface area contributed by atoms with Crippen LogP contribution in [0.4, 0.5) is 0 Å². The van der Waals surface area contributed by atoms with Gasteiger partial charge in [-0.3, -0.25) is 4.79 Å². The Balaban J connectivity index is 1.56. The van der Waals surface area contributed by atoms with Crippen molar-refractivity contribution in [3.05, 3.63) is 28.7 Å². The lowest BCUT2D eigenvalue weighted by Crippen LogP contribution is -2.27. The van der Waals surface area contributed by atoms with E-state index in [1.54, 1.807) is 12.1 Å². The van der Waals surface area contributed by atoms with E-state index >= 15 is 0 Å². The van der Waals surface area contributed by atoms with Gasteiger partial charge in [-0.2, -0.15) is 9.29 Å². The zero-order valence-electron chi connectivity index (χ0n) is 15.7. The van der Waals surface area contributed by atoms with Crippen molar-refractivity contribution in [1.29, 1.82) is 0 Å². The van der Waals surface area contributed by atoms with E-state index in [9.17, 15) is 13.2 Å². The van der Waals surface area contributed by atoms with E-state index in [1.807, 2.05) is 20.8 Å². The van der Waals surface area contributed by atoms with Gasteiger partial charge in [0.25, 0.3) is 10.0 Å². The van der Waals surface area contributed by atoms with Crippen molar-refractivity contribution in [1.82, 2.24) is 19.8 Å². The Kier molecular flexibility index (Phi) is 5.68. The molecule has 27 heavy (non-hydrogen) atoms. The number of rotatable bonds is 6. The molecule has 0 bridgehead atoms. The molecule has 10 heteroatoms. The fraction of sp³-hybridized carbons (Fsp3) is 0.588. The molecule has 1 N–H and O–H groups in total. The highest BCUT2D eigenvalue weighted by atomic mass is 32.2. The largest absolute Gasteiger partial charge is 0.348 e. The number of amides is 1. The molecule has 3 rings (SSSR count). The number of sulfonamides is 1. The molecule has 2 aromatic heterocycles. The molecule has 0 aromatic carbocycles. The van der Waals surface area contributed by atoms with E-state index in [2.05, 4.69) is 15.5 Å². The predicted octanol–water partition coefficient (Wildman–Crippen LogP) is 2.07. The van der Waals surface area contributed by atoms with E-state index in [-0.39, 0.29) is 24.3 Å². The molecule has 1 aliphatic heterocycles. The third-order valence-corrected chi connectivity index (χ3v) is 7.64. The van der Waals surface area contributed by atoms with Crippen LogP contribution in [0.25, 0.3) is 0 Å². The van der Waals surface area contributed by atoms with Gasteiger partial charge in [-0.25, -0.2) is 8.42 Å². The highest BCUT2D eigenvalue weighted by Crippen LogP contribution is 2.27. The number of carbonyl (C=O) groups is 1. The summed E-state index contributed by atoms with van der Waals surface area (Å²) in [7, 11) is -3.43. The molecule has 0 aliphatic carbocycles. The van der Waals surface area contributed by atoms with Crippen LogP contribution in [0.1, 0.15) is 50.2 Å². The average Bonchev–Trinajstić information content (AvgIpc) is 3.32. The van der Waals surface area contributed by atoms with Crippen molar-refractivity contribution in [2.45, 2.75) is 56.2 Å². The average molecular weight is 413 g/mol. The molecule has 3 heterocycles. The highest BCUT2D eigenvalue weighted by molar-refractivity contribution is 7.91. The minimum Gasteiger partial charge on any atom is -0.348 e. The van der Waals surface area contributed by atoms with Gasteiger partial charge in [-0.1, -0.05) is 25.9 Å². The maximum absolute atomic E-state index is 12.5. The van der Waals surface area contributed by atoms with Gasteiger partial charge in [0.15, 0.2) is 5.82 Å². The fourth-order valence-electron chi connectivity index (χ4n) is 2.68. The quantitative estimate of drug-likeness (QED) is 0.779. The summed E-state index contributed by atoms with van der Waals surface area (Å²) >= 11 is 1.14. The van der Waals surface area contributed by atoms with Gasteiger partial charge < -0.3 is 9.84 Å². The van der Waals surface area contributed by atoms with Crippen LogP contribution in [0, 0.1) is 0 Å². The Hall–Kier alpha value is -1.78. The summed E-state index contributed by atoms with van der Waals surface area (Å²) in [6, 6.07) is 3.27. The first-order valence-electron chi connectivity index (χ1n) is 8.85. The van der Waals surface area contributed by atoms with Crippen LogP contribution in [0.2, 0.25) is 0 Å². The molecular formula is C17H24N4O4S2. The Bertz CT molecular complexity index is 906. The van der Waals surface area contributed by atoms with Crippen LogP contribution in [0.3, 0.4) is 0 Å². The molecule has 0 saturated carbocycles. The second-order valence-electron chi connectivity index (χ2n) is 7.55. The summed E-state index contributed by atoms with van der Waals surface area (Å²) in [5.74, 6) is 0.711. The van der Waals surface area contributed by atoms with Crippen LogP contribution in [-0.4, -0.2) is 41.9 Å². The third kappa shape index (κ3) is 4.74. The molecule has 1 fully saturated rings. The third-order valence-electron chi connectivity index (χ3n) is 4.18. The minimum absolute atomic E-state index is 0.115. The molecule has 148 valence electrons. The second-order valence-corrected chi connectivity index (χ2v) is 10.9. The monoisotopic (exact) mass is 412 g/mol. The molecule has 1 saturated heterocycles. The number of hydrogen-bond donors (Lipinski definition) is 1. The van der Waals surface area contributed by atoms with Gasteiger partial charge in [-0.15, -0.1) is 11.3 Å². The molecule has 2 aromatic rings. The molecule has 8 nitrogen and oxygen atoms in total. The van der Waals surface area contributed by atoms with Crippen molar-refractivity contribution < 1.29 is 17.7 Å². The SMILES string of the molecule is CC(C)(C)c1nc(CNC(=O)Cc2ccc(S(=O)(=O)N3CCCC3)s2)no1. The summed E-state index contributed by atoms with van der Waals surface area (Å²) in [5.41, 5.74) is -0.247. The Morgan fingerprint density at radius 2 is 2.00 bits per heavy atom. The van der Waals surface area contributed by atoms with Gasteiger partial charge in [0.2, 0.25) is 11.8 Å². The number of nitrogens with one attached hydrogen (secondary N) is 1. The maximum Gasteiger partial charge on any atom is 0.252 e. The van der Waals surface area contributed by atoms with Crippen LogP contribution >= 0.6 is 11.3 Å². The van der Waals surface area contributed by atoms with Crippen molar-refractivity contribution >= 4 is 27.3 Å². The standard InChI is InChI=1S/C17H24N4O4S2/c1-17(2,3)16-19-13(20-25-16)11-18-14(22)10-12-6-7-15(26-12)27(23,24)21-8-4-5-9-21/h6-7H,4-5,8-11H2,1-3H3,(H,18,22). The first-order chi connectivity index (χ1) is 12.7. The van der Waals surface area contributed by atoms with Crippen molar-refractivity contribution in [2.75, 3.05) is 13.1 Å². The normalized spacial score (nSPS) is 16.0. The van der Waals surface area contributed by atoms with Gasteiger partial charge in [-0.05, 0) is 25.0 Å². The van der Waals surface area contributed by atoms with Crippen LogP contribution in [-0.2, 0) is 33.2 Å². The molecule has 0 atom stereocenters. The van der Waals surface area contributed by atoms with Crippen molar-refractivity contribution in [3.8, 4) is 0 Å². The summed E-state index contributed by atoms with van der Waals surface area (Å²) in [6.07, 6.45) is 1.91. The number of aromatic nitrogens is 2. The Labute approximate surface area is 163 Å². The topological polar surface area (TPSA) is 105 Å². The molecular weight excluding hydrogens is 388 g/mol. The first-order valence-corrected chi connectivity index (χ1v) is 11.1. The fourth-order valence-corrected chi connectivity index (χ4v) is 5.70.